The number of aryl methyl sites for hydroxylation is 1. The van der Waals surface area contributed by atoms with Gasteiger partial charge in [0.2, 0.25) is 0 Å². The lowest BCUT2D eigenvalue weighted by atomic mass is 10.1. The number of pyridine rings is 1. The lowest BCUT2D eigenvalue weighted by Gasteiger charge is -2.09. The summed E-state index contributed by atoms with van der Waals surface area (Å²) >= 11 is 0. The molecule has 0 fully saturated rings. The van der Waals surface area contributed by atoms with Crippen molar-refractivity contribution >= 4 is 22.9 Å². The SMILES string of the molecule is Cc1cc(C(=O)Nc2cccc(OCc3cn4ccccc4n3)c2)ccc1[N+](=O)[O-]. The van der Waals surface area contributed by atoms with E-state index < -0.39 is 4.92 Å². The van der Waals surface area contributed by atoms with Gasteiger partial charge in [-0.15, -0.1) is 0 Å². The largest absolute Gasteiger partial charge is 0.487 e. The topological polar surface area (TPSA) is 98.8 Å². The van der Waals surface area contributed by atoms with Gasteiger partial charge in [0, 0.05) is 41.3 Å². The molecule has 0 radical (unpaired) electrons. The van der Waals surface area contributed by atoms with Gasteiger partial charge in [-0.05, 0) is 43.3 Å². The number of carbonyl (C=O) groups excluding carboxylic acids is 1. The van der Waals surface area contributed by atoms with Gasteiger partial charge in [-0.2, -0.15) is 0 Å². The number of nitrogens with one attached hydrogen (secondary N) is 1. The summed E-state index contributed by atoms with van der Waals surface area (Å²) < 4.78 is 7.73. The summed E-state index contributed by atoms with van der Waals surface area (Å²) in [5.41, 5.74) is 2.94. The molecule has 0 saturated carbocycles. The van der Waals surface area contributed by atoms with E-state index in [1.54, 1.807) is 31.2 Å². The van der Waals surface area contributed by atoms with Crippen LogP contribution in [0.15, 0.2) is 73.1 Å². The average molecular weight is 402 g/mol. The normalized spacial score (nSPS) is 10.7. The molecular weight excluding hydrogens is 384 g/mol. The number of anilines is 1. The minimum absolute atomic E-state index is 0.0195. The number of nitro groups is 1. The molecule has 0 saturated heterocycles. The van der Waals surface area contributed by atoms with Gasteiger partial charge < -0.3 is 14.5 Å². The molecule has 2 aromatic carbocycles. The Morgan fingerprint density at radius 2 is 2.03 bits per heavy atom. The predicted molar refractivity (Wildman–Crippen MR) is 112 cm³/mol. The van der Waals surface area contributed by atoms with Crippen LogP contribution in [0.3, 0.4) is 0 Å². The highest BCUT2D eigenvalue weighted by Crippen LogP contribution is 2.22. The van der Waals surface area contributed by atoms with E-state index in [1.165, 1.54) is 18.2 Å². The fraction of sp³-hybridized carbons (Fsp3) is 0.0909. The van der Waals surface area contributed by atoms with E-state index >= 15 is 0 Å². The summed E-state index contributed by atoms with van der Waals surface area (Å²) in [6.45, 7) is 1.89. The fourth-order valence-corrected chi connectivity index (χ4v) is 3.08. The third-order valence-corrected chi connectivity index (χ3v) is 4.55. The van der Waals surface area contributed by atoms with Gasteiger partial charge in [0.25, 0.3) is 11.6 Å². The Balaban J connectivity index is 1.43. The van der Waals surface area contributed by atoms with Crippen molar-refractivity contribution in [1.29, 1.82) is 0 Å². The lowest BCUT2D eigenvalue weighted by molar-refractivity contribution is -0.385. The van der Waals surface area contributed by atoms with Gasteiger partial charge in [0.05, 0.1) is 10.6 Å². The second kappa shape index (κ2) is 8.04. The van der Waals surface area contributed by atoms with Gasteiger partial charge in [0.1, 0.15) is 18.0 Å². The highest BCUT2D eigenvalue weighted by atomic mass is 16.6. The van der Waals surface area contributed by atoms with E-state index in [1.807, 2.05) is 35.0 Å². The number of imidazole rings is 1. The fourth-order valence-electron chi connectivity index (χ4n) is 3.08. The molecule has 2 heterocycles. The van der Waals surface area contributed by atoms with E-state index in [4.69, 9.17) is 4.74 Å². The van der Waals surface area contributed by atoms with Crippen molar-refractivity contribution < 1.29 is 14.5 Å². The van der Waals surface area contributed by atoms with Crippen molar-refractivity contribution in [2.24, 2.45) is 0 Å². The first kappa shape index (κ1) is 19.1. The molecule has 0 atom stereocenters. The lowest BCUT2D eigenvalue weighted by Crippen LogP contribution is -2.12. The summed E-state index contributed by atoms with van der Waals surface area (Å²) in [6.07, 6.45) is 3.82. The number of hydrogen-bond acceptors (Lipinski definition) is 5. The molecule has 4 aromatic rings. The summed E-state index contributed by atoms with van der Waals surface area (Å²) in [4.78, 5) is 27.4. The van der Waals surface area contributed by atoms with Crippen LogP contribution >= 0.6 is 0 Å². The maximum Gasteiger partial charge on any atom is 0.272 e. The monoisotopic (exact) mass is 402 g/mol. The molecule has 1 amide bonds. The van der Waals surface area contributed by atoms with Crippen molar-refractivity contribution in [1.82, 2.24) is 9.38 Å². The number of amides is 1. The van der Waals surface area contributed by atoms with Crippen molar-refractivity contribution in [2.75, 3.05) is 5.32 Å². The maximum absolute atomic E-state index is 12.5. The number of nitro benzene ring substituents is 1. The van der Waals surface area contributed by atoms with E-state index in [0.717, 1.165) is 11.3 Å². The molecule has 8 heteroatoms. The molecular formula is C22H18N4O4. The predicted octanol–water partition coefficient (Wildman–Crippen LogP) is 4.38. The number of rotatable bonds is 6. The van der Waals surface area contributed by atoms with Crippen molar-refractivity contribution in [3.8, 4) is 5.75 Å². The molecule has 2 aromatic heterocycles. The Bertz CT molecular complexity index is 1220. The smallest absolute Gasteiger partial charge is 0.272 e. The van der Waals surface area contributed by atoms with E-state index in [0.29, 0.717) is 29.2 Å². The summed E-state index contributed by atoms with van der Waals surface area (Å²) in [6, 6.07) is 17.1. The van der Waals surface area contributed by atoms with Crippen LogP contribution < -0.4 is 10.1 Å². The zero-order chi connectivity index (χ0) is 21.1. The zero-order valence-electron chi connectivity index (χ0n) is 16.1. The minimum Gasteiger partial charge on any atom is -0.487 e. The molecule has 0 unspecified atom stereocenters. The van der Waals surface area contributed by atoms with Gasteiger partial charge in [-0.3, -0.25) is 14.9 Å². The standard InChI is InChI=1S/C22H18N4O4/c1-15-11-16(8-9-20(15)26(28)29)22(27)24-17-5-4-6-19(12-17)30-14-18-13-25-10-3-2-7-21(25)23-18/h2-13H,14H2,1H3,(H,24,27). The Morgan fingerprint density at radius 3 is 2.80 bits per heavy atom. The van der Waals surface area contributed by atoms with Crippen LogP contribution in [0, 0.1) is 17.0 Å². The quantitative estimate of drug-likeness (QED) is 0.381. The first-order valence-electron chi connectivity index (χ1n) is 9.21. The van der Waals surface area contributed by atoms with Crippen LogP contribution in [0.5, 0.6) is 5.75 Å². The first-order valence-corrected chi connectivity index (χ1v) is 9.21. The van der Waals surface area contributed by atoms with Gasteiger partial charge in [-0.1, -0.05) is 12.1 Å². The molecule has 0 bridgehead atoms. The molecule has 0 spiro atoms. The van der Waals surface area contributed by atoms with Gasteiger partial charge in [-0.25, -0.2) is 4.98 Å². The number of hydrogen-bond donors (Lipinski definition) is 1. The molecule has 30 heavy (non-hydrogen) atoms. The van der Waals surface area contributed by atoms with Gasteiger partial charge >= 0.3 is 0 Å². The van der Waals surface area contributed by atoms with E-state index in [-0.39, 0.29) is 11.6 Å². The van der Waals surface area contributed by atoms with E-state index in [9.17, 15) is 14.9 Å². The Morgan fingerprint density at radius 1 is 1.17 bits per heavy atom. The number of nitrogens with zero attached hydrogens (tertiary/aromatic N) is 3. The summed E-state index contributed by atoms with van der Waals surface area (Å²) in [7, 11) is 0. The molecule has 0 aliphatic carbocycles. The Labute approximate surface area is 171 Å². The minimum atomic E-state index is -0.471. The van der Waals surface area contributed by atoms with E-state index in [2.05, 4.69) is 10.3 Å². The van der Waals surface area contributed by atoms with Crippen LogP contribution in [0.25, 0.3) is 5.65 Å². The average Bonchev–Trinajstić information content (AvgIpc) is 3.15. The van der Waals surface area contributed by atoms with Crippen LogP contribution in [0.1, 0.15) is 21.6 Å². The molecule has 0 aliphatic heterocycles. The highest BCUT2D eigenvalue weighted by Gasteiger charge is 2.14. The third kappa shape index (κ3) is 4.12. The zero-order valence-corrected chi connectivity index (χ0v) is 16.1. The number of fused-ring (bicyclic) bond motifs is 1. The summed E-state index contributed by atoms with van der Waals surface area (Å²) in [5.74, 6) is 0.232. The Hall–Kier alpha value is -4.20. The van der Waals surface area contributed by atoms with Crippen LogP contribution in [0.4, 0.5) is 11.4 Å². The number of aromatic nitrogens is 2. The number of benzene rings is 2. The second-order valence-corrected chi connectivity index (χ2v) is 6.73. The third-order valence-electron chi connectivity index (χ3n) is 4.55. The molecule has 4 rings (SSSR count). The van der Waals surface area contributed by atoms with Crippen LogP contribution in [0.2, 0.25) is 0 Å². The molecule has 8 nitrogen and oxygen atoms in total. The molecule has 0 aliphatic rings. The number of ether oxygens (including phenoxy) is 1. The molecule has 1 N–H and O–H groups in total. The Kier molecular flexibility index (Phi) is 5.13. The second-order valence-electron chi connectivity index (χ2n) is 6.73. The first-order chi connectivity index (χ1) is 14.5. The highest BCUT2D eigenvalue weighted by molar-refractivity contribution is 6.04. The summed E-state index contributed by atoms with van der Waals surface area (Å²) in [5, 5.41) is 13.7. The van der Waals surface area contributed by atoms with Crippen molar-refractivity contribution in [3.63, 3.8) is 0 Å². The maximum atomic E-state index is 12.5. The van der Waals surface area contributed by atoms with Crippen LogP contribution in [-0.4, -0.2) is 20.2 Å². The van der Waals surface area contributed by atoms with Gasteiger partial charge in [0.15, 0.2) is 0 Å². The van der Waals surface area contributed by atoms with Crippen LogP contribution in [-0.2, 0) is 6.61 Å². The van der Waals surface area contributed by atoms with Crippen molar-refractivity contribution in [3.05, 3.63) is 100.0 Å². The van der Waals surface area contributed by atoms with Crippen molar-refractivity contribution in [2.45, 2.75) is 13.5 Å². The molecule has 150 valence electrons. The number of carbonyl (C=O) groups is 1.